The molecule has 4 atom stereocenters. The zero-order valence-corrected chi connectivity index (χ0v) is 28.3. The van der Waals surface area contributed by atoms with E-state index < -0.39 is 114 Å². The van der Waals surface area contributed by atoms with Crippen molar-refractivity contribution in [3.05, 3.63) is 63.6 Å². The molecule has 19 heteroatoms. The second-order valence-corrected chi connectivity index (χ2v) is 12.5. The molecule has 5 rings (SSSR count). The van der Waals surface area contributed by atoms with Gasteiger partial charge in [-0.25, -0.2) is 0 Å². The highest BCUT2D eigenvalue weighted by Crippen LogP contribution is 2.52. The minimum Gasteiger partial charge on any atom is -0.507 e. The van der Waals surface area contributed by atoms with Gasteiger partial charge < -0.3 is 49.8 Å². The van der Waals surface area contributed by atoms with E-state index in [1.165, 1.54) is 25.3 Å². The first kappa shape index (κ1) is 39.1. The molecular formula is C34H38N2O17. The van der Waals surface area contributed by atoms with E-state index in [0.717, 1.165) is 6.26 Å². The summed E-state index contributed by atoms with van der Waals surface area (Å²) < 4.78 is 26.7. The van der Waals surface area contributed by atoms with Gasteiger partial charge in [-0.05, 0) is 18.9 Å². The maximum atomic E-state index is 13.8. The first-order chi connectivity index (χ1) is 25.2. The van der Waals surface area contributed by atoms with Gasteiger partial charge >= 0.3 is 11.9 Å². The topological polar surface area (TPSA) is 291 Å². The van der Waals surface area contributed by atoms with Crippen LogP contribution in [0.15, 0.2) is 30.2 Å². The molecule has 0 amide bonds. The van der Waals surface area contributed by atoms with E-state index >= 15 is 0 Å². The number of aliphatic hydroxyl groups excluding tert-OH is 1. The Morgan fingerprint density at radius 3 is 2.32 bits per heavy atom. The van der Waals surface area contributed by atoms with Gasteiger partial charge in [0, 0.05) is 36.0 Å². The third kappa shape index (κ3) is 8.25. The second-order valence-electron chi connectivity index (χ2n) is 12.5. The number of ether oxygens (including phenoxy) is 5. The Morgan fingerprint density at radius 2 is 1.64 bits per heavy atom. The summed E-state index contributed by atoms with van der Waals surface area (Å²) >= 11 is 0. The number of hydrogen-bond donors (Lipinski definition) is 7. The fraction of sp³-hybridized carbons (Fsp3) is 0.441. The van der Waals surface area contributed by atoms with Crippen LogP contribution in [0.4, 0.5) is 0 Å². The number of hydrogen-bond acceptors (Lipinski definition) is 19. The van der Waals surface area contributed by atoms with Crippen molar-refractivity contribution < 1.29 is 83.3 Å². The highest BCUT2D eigenvalue weighted by Gasteiger charge is 2.50. The molecule has 0 saturated heterocycles. The Labute approximate surface area is 300 Å². The van der Waals surface area contributed by atoms with E-state index in [1.54, 1.807) is 0 Å². The normalized spacial score (nSPS) is 21.8. The Bertz CT molecular complexity index is 1820. The number of nitrogens with zero attached hydrogens (tertiary/aromatic N) is 1. The highest BCUT2D eigenvalue weighted by atomic mass is 17.1. The lowest BCUT2D eigenvalue weighted by Crippen LogP contribution is -2.48. The number of benzene rings is 2. The maximum Gasteiger partial charge on any atom is 0.306 e. The van der Waals surface area contributed by atoms with Gasteiger partial charge in [0.05, 0.1) is 67.4 Å². The quantitative estimate of drug-likeness (QED) is 0.0499. The Kier molecular flexibility index (Phi) is 12.0. The van der Waals surface area contributed by atoms with Gasteiger partial charge in [0.15, 0.2) is 12.4 Å². The van der Waals surface area contributed by atoms with Crippen LogP contribution in [0.25, 0.3) is 0 Å². The van der Waals surface area contributed by atoms with Crippen LogP contribution in [0, 0.1) is 0 Å². The number of nitrogens with two attached hydrogens (primary N) is 1. The summed E-state index contributed by atoms with van der Waals surface area (Å²) in [4.78, 5) is 69.8. The van der Waals surface area contributed by atoms with Crippen molar-refractivity contribution >= 4 is 29.3 Å². The molecule has 1 aliphatic heterocycles. The fourth-order valence-corrected chi connectivity index (χ4v) is 6.30. The van der Waals surface area contributed by atoms with Crippen LogP contribution in [0.2, 0.25) is 0 Å². The van der Waals surface area contributed by atoms with Crippen LogP contribution in [0.5, 0.6) is 17.2 Å². The SMILES string of the molecule is COc1cccc2c1C(=O)c1c(O)c3c(c(O)c1C2=O)C[C@@](O)(C(=O)COC(=O)CCC(=O)OCCCCON(O)O)C[C@@H]3OC1CC(N)C(O)=CO1. The van der Waals surface area contributed by atoms with Crippen molar-refractivity contribution in [3.8, 4) is 17.2 Å². The number of esters is 2. The summed E-state index contributed by atoms with van der Waals surface area (Å²) in [7, 11) is 1.29. The summed E-state index contributed by atoms with van der Waals surface area (Å²) in [6.07, 6.45) is -3.47. The van der Waals surface area contributed by atoms with Crippen LogP contribution < -0.4 is 10.5 Å². The summed E-state index contributed by atoms with van der Waals surface area (Å²) in [5.41, 5.74) is 1.57. The van der Waals surface area contributed by atoms with Crippen molar-refractivity contribution in [3.63, 3.8) is 0 Å². The van der Waals surface area contributed by atoms with E-state index in [0.29, 0.717) is 12.8 Å². The van der Waals surface area contributed by atoms with E-state index in [4.69, 9.17) is 39.8 Å². The summed E-state index contributed by atoms with van der Waals surface area (Å²) in [5, 5.41) is 61.4. The molecule has 0 fully saturated rings. The molecule has 0 radical (unpaired) electrons. The molecule has 19 nitrogen and oxygen atoms in total. The molecule has 2 aromatic carbocycles. The molecule has 0 spiro atoms. The molecule has 286 valence electrons. The highest BCUT2D eigenvalue weighted by molar-refractivity contribution is 6.31. The van der Waals surface area contributed by atoms with Crippen LogP contribution >= 0.6 is 0 Å². The molecule has 8 N–H and O–H groups in total. The molecule has 3 aliphatic rings. The molecule has 0 saturated carbocycles. The molecule has 53 heavy (non-hydrogen) atoms. The monoisotopic (exact) mass is 746 g/mol. The first-order valence-electron chi connectivity index (χ1n) is 16.4. The number of Topliss-reactive ketones (excluding diaryl/α,β-unsaturated/α-hetero) is 1. The summed E-state index contributed by atoms with van der Waals surface area (Å²) in [5.74, 6) is -6.28. The largest absolute Gasteiger partial charge is 0.507 e. The number of unbranched alkanes of at least 4 members (excludes halogenated alkanes) is 1. The molecule has 2 unspecified atom stereocenters. The molecule has 0 bridgehead atoms. The molecular weight excluding hydrogens is 708 g/mol. The Hall–Kier alpha value is -5.15. The minimum absolute atomic E-state index is 0.0360. The average Bonchev–Trinajstić information content (AvgIpc) is 3.12. The number of aliphatic hydroxyl groups is 2. The zero-order chi connectivity index (χ0) is 38.6. The van der Waals surface area contributed by atoms with Crippen LogP contribution in [0.3, 0.4) is 0 Å². The molecule has 2 aromatic rings. The Morgan fingerprint density at radius 1 is 0.962 bits per heavy atom. The van der Waals surface area contributed by atoms with Crippen molar-refractivity contribution in [2.24, 2.45) is 5.73 Å². The van der Waals surface area contributed by atoms with Gasteiger partial charge in [-0.15, -0.1) is 0 Å². The number of phenolic OH excluding ortho intramolecular Hbond substituents is 2. The van der Waals surface area contributed by atoms with Crippen LogP contribution in [0.1, 0.15) is 87.6 Å². The minimum atomic E-state index is -2.44. The third-order valence-electron chi connectivity index (χ3n) is 8.98. The van der Waals surface area contributed by atoms with Gasteiger partial charge in [0.25, 0.3) is 0 Å². The number of ketones is 3. The van der Waals surface area contributed by atoms with Gasteiger partial charge in [-0.2, -0.15) is 0 Å². The number of carbonyl (C=O) groups is 5. The first-order valence-corrected chi connectivity index (χ1v) is 16.4. The molecule has 0 aromatic heterocycles. The van der Waals surface area contributed by atoms with Crippen molar-refractivity contribution in [1.29, 1.82) is 0 Å². The average molecular weight is 747 g/mol. The van der Waals surface area contributed by atoms with E-state index in [2.05, 4.69) is 4.84 Å². The molecule has 2 aliphatic carbocycles. The number of methoxy groups -OCH3 is 1. The smallest absolute Gasteiger partial charge is 0.306 e. The zero-order valence-electron chi connectivity index (χ0n) is 28.3. The lowest BCUT2D eigenvalue weighted by Gasteiger charge is -2.40. The van der Waals surface area contributed by atoms with Gasteiger partial charge in [0.1, 0.15) is 34.9 Å². The fourth-order valence-electron chi connectivity index (χ4n) is 6.30. The lowest BCUT2D eigenvalue weighted by atomic mass is 9.72. The van der Waals surface area contributed by atoms with Gasteiger partial charge in [0.2, 0.25) is 17.9 Å². The van der Waals surface area contributed by atoms with E-state index in [-0.39, 0.29) is 53.4 Å². The standard InChI is InChI=1S/C34H38N2O17/c1-48-20-6-4-5-16-26(20)32(43)29-28(30(16)41)31(42)17-12-34(45,13-21(27(17)33(29)44)53-25-11-18(35)19(37)14-51-25)22(38)15-50-24(40)8-7-23(39)49-9-2-3-10-52-36(46)47/h4-6,14,18,21,25,37,42,44-47H,2-3,7-13,15,35H2,1H3/t18?,21-,25?,34-/m0/s1. The van der Waals surface area contributed by atoms with Crippen LogP contribution in [-0.4, -0.2) is 110 Å². The number of carbonyl (C=O) groups excluding carboxylic acids is 5. The van der Waals surface area contributed by atoms with E-state index in [1.807, 2.05) is 0 Å². The number of aromatic hydroxyl groups is 2. The van der Waals surface area contributed by atoms with Crippen molar-refractivity contribution in [1.82, 2.24) is 5.39 Å². The molecule has 1 heterocycles. The van der Waals surface area contributed by atoms with Gasteiger partial charge in [-0.1, -0.05) is 12.1 Å². The van der Waals surface area contributed by atoms with Gasteiger partial charge in [-0.3, -0.25) is 39.2 Å². The second kappa shape index (κ2) is 16.3. The summed E-state index contributed by atoms with van der Waals surface area (Å²) in [6, 6.07) is 3.31. The van der Waals surface area contributed by atoms with Crippen molar-refractivity contribution in [2.45, 2.75) is 69.0 Å². The predicted molar refractivity (Wildman–Crippen MR) is 172 cm³/mol. The summed E-state index contributed by atoms with van der Waals surface area (Å²) in [6.45, 7) is -1.07. The maximum absolute atomic E-state index is 13.8. The van der Waals surface area contributed by atoms with E-state index in [9.17, 15) is 44.4 Å². The predicted octanol–water partition coefficient (Wildman–Crippen LogP) is 1.32. The Balaban J connectivity index is 1.36. The van der Waals surface area contributed by atoms with Crippen LogP contribution in [-0.2, 0) is 44.6 Å². The number of phenols is 2. The number of fused-ring (bicyclic) bond motifs is 3. The number of rotatable bonds is 15. The van der Waals surface area contributed by atoms with Crippen molar-refractivity contribution in [2.75, 3.05) is 26.9 Å². The lowest BCUT2D eigenvalue weighted by molar-refractivity contribution is -0.492. The third-order valence-corrected chi connectivity index (χ3v) is 8.98.